The molecule has 17 heavy (non-hydrogen) atoms. The molecule has 0 amide bonds. The van der Waals surface area contributed by atoms with E-state index in [0.29, 0.717) is 10.7 Å². The molecule has 0 fully saturated rings. The smallest absolute Gasteiger partial charge is 0.0633 e. The standard InChI is InChI=1S/C13H12BrClN2/c1-8-2-4-10(14)12(6-8)17-13-7-9(15)3-5-11(13)16/h2-7,17H,16H2,1H3. The Morgan fingerprint density at radius 2 is 1.88 bits per heavy atom. The van der Waals surface area contributed by atoms with Gasteiger partial charge in [0.1, 0.15) is 0 Å². The first-order chi connectivity index (χ1) is 8.06. The third-order valence-electron chi connectivity index (χ3n) is 2.41. The molecule has 2 aromatic rings. The molecule has 0 aliphatic carbocycles. The quantitative estimate of drug-likeness (QED) is 0.786. The van der Waals surface area contributed by atoms with Crippen LogP contribution in [0.4, 0.5) is 17.1 Å². The van der Waals surface area contributed by atoms with E-state index in [-0.39, 0.29) is 0 Å². The molecule has 0 saturated heterocycles. The molecule has 0 spiro atoms. The molecule has 0 radical (unpaired) electrons. The molecular formula is C13H12BrClN2. The highest BCUT2D eigenvalue weighted by atomic mass is 79.9. The zero-order valence-corrected chi connectivity index (χ0v) is 11.6. The van der Waals surface area contributed by atoms with Gasteiger partial charge < -0.3 is 11.1 Å². The Bertz CT molecular complexity index is 506. The highest BCUT2D eigenvalue weighted by Gasteiger charge is 2.04. The van der Waals surface area contributed by atoms with Crippen molar-refractivity contribution >= 4 is 44.6 Å². The van der Waals surface area contributed by atoms with Gasteiger partial charge in [0.15, 0.2) is 0 Å². The maximum Gasteiger partial charge on any atom is 0.0633 e. The molecule has 4 heteroatoms. The fraction of sp³-hybridized carbons (Fsp3) is 0.0769. The van der Waals surface area contributed by atoms with Crippen molar-refractivity contribution in [2.45, 2.75) is 6.92 Å². The Labute approximate surface area is 114 Å². The van der Waals surface area contributed by atoms with Crippen molar-refractivity contribution in [3.05, 3.63) is 51.5 Å². The average molecular weight is 312 g/mol. The van der Waals surface area contributed by atoms with Crippen LogP contribution >= 0.6 is 27.5 Å². The highest BCUT2D eigenvalue weighted by molar-refractivity contribution is 9.10. The summed E-state index contributed by atoms with van der Waals surface area (Å²) in [6.45, 7) is 2.04. The lowest BCUT2D eigenvalue weighted by molar-refractivity contribution is 1.43. The molecule has 0 atom stereocenters. The molecule has 0 unspecified atom stereocenters. The predicted molar refractivity (Wildman–Crippen MR) is 78.0 cm³/mol. The van der Waals surface area contributed by atoms with Gasteiger partial charge in [-0.2, -0.15) is 0 Å². The number of nitrogens with one attached hydrogen (secondary N) is 1. The van der Waals surface area contributed by atoms with Gasteiger partial charge in [-0.3, -0.25) is 0 Å². The molecule has 2 rings (SSSR count). The zero-order chi connectivity index (χ0) is 12.4. The SMILES string of the molecule is Cc1ccc(Br)c(Nc2cc(Cl)ccc2N)c1. The number of aryl methyl sites for hydroxylation is 1. The second-order valence-corrected chi connectivity index (χ2v) is 5.13. The molecule has 0 aliphatic rings. The summed E-state index contributed by atoms with van der Waals surface area (Å²) in [5.74, 6) is 0. The molecule has 2 nitrogen and oxygen atoms in total. The summed E-state index contributed by atoms with van der Waals surface area (Å²) in [7, 11) is 0. The molecule has 0 aromatic heterocycles. The first-order valence-electron chi connectivity index (χ1n) is 5.14. The van der Waals surface area contributed by atoms with E-state index in [1.165, 1.54) is 5.56 Å². The van der Waals surface area contributed by atoms with Crippen LogP contribution in [0.25, 0.3) is 0 Å². The Kier molecular flexibility index (Phi) is 3.60. The first kappa shape index (κ1) is 12.3. The van der Waals surface area contributed by atoms with Gasteiger partial charge in [-0.1, -0.05) is 17.7 Å². The van der Waals surface area contributed by atoms with Gasteiger partial charge in [0.2, 0.25) is 0 Å². The Hall–Kier alpha value is -1.19. The van der Waals surface area contributed by atoms with Gasteiger partial charge in [0, 0.05) is 9.50 Å². The summed E-state index contributed by atoms with van der Waals surface area (Å²) < 4.78 is 0.988. The van der Waals surface area contributed by atoms with Crippen LogP contribution in [0.5, 0.6) is 0 Å². The minimum atomic E-state index is 0.658. The summed E-state index contributed by atoms with van der Waals surface area (Å²) in [4.78, 5) is 0. The Morgan fingerprint density at radius 3 is 2.65 bits per heavy atom. The largest absolute Gasteiger partial charge is 0.397 e. The van der Waals surface area contributed by atoms with Crippen LogP contribution in [-0.4, -0.2) is 0 Å². The van der Waals surface area contributed by atoms with Gasteiger partial charge in [-0.25, -0.2) is 0 Å². The maximum atomic E-state index is 5.95. The molecule has 2 aromatic carbocycles. The van der Waals surface area contributed by atoms with Crippen LogP contribution in [0, 0.1) is 6.92 Å². The second-order valence-electron chi connectivity index (χ2n) is 3.84. The topological polar surface area (TPSA) is 38.0 Å². The summed E-state index contributed by atoms with van der Waals surface area (Å²) in [5.41, 5.74) is 9.52. The molecule has 0 aliphatic heterocycles. The molecule has 0 bridgehead atoms. The van der Waals surface area contributed by atoms with E-state index in [1.807, 2.05) is 31.2 Å². The summed E-state index contributed by atoms with van der Waals surface area (Å²) >= 11 is 9.44. The van der Waals surface area contributed by atoms with Crippen molar-refractivity contribution < 1.29 is 0 Å². The number of anilines is 3. The maximum absolute atomic E-state index is 5.95. The predicted octanol–water partition coefficient (Wildman–Crippen LogP) is 4.74. The third kappa shape index (κ3) is 2.93. The molecule has 88 valence electrons. The van der Waals surface area contributed by atoms with Crippen molar-refractivity contribution in [3.8, 4) is 0 Å². The normalized spacial score (nSPS) is 10.3. The van der Waals surface area contributed by atoms with Gasteiger partial charge in [-0.05, 0) is 58.7 Å². The lowest BCUT2D eigenvalue weighted by atomic mass is 10.2. The number of nitrogen functional groups attached to an aromatic ring is 1. The van der Waals surface area contributed by atoms with Gasteiger partial charge in [0.05, 0.1) is 17.1 Å². The van der Waals surface area contributed by atoms with E-state index in [4.69, 9.17) is 17.3 Å². The highest BCUT2D eigenvalue weighted by Crippen LogP contribution is 2.31. The van der Waals surface area contributed by atoms with Gasteiger partial charge in [0.25, 0.3) is 0 Å². The lowest BCUT2D eigenvalue weighted by Gasteiger charge is -2.12. The number of benzene rings is 2. The fourth-order valence-corrected chi connectivity index (χ4v) is 2.03. The number of nitrogens with two attached hydrogens (primary N) is 1. The van der Waals surface area contributed by atoms with E-state index in [2.05, 4.69) is 21.2 Å². The lowest BCUT2D eigenvalue weighted by Crippen LogP contribution is -1.97. The summed E-state index contributed by atoms with van der Waals surface area (Å²) in [6.07, 6.45) is 0. The van der Waals surface area contributed by atoms with Gasteiger partial charge >= 0.3 is 0 Å². The van der Waals surface area contributed by atoms with Crippen molar-refractivity contribution in [2.24, 2.45) is 0 Å². The Balaban J connectivity index is 2.37. The monoisotopic (exact) mass is 310 g/mol. The minimum Gasteiger partial charge on any atom is -0.397 e. The van der Waals surface area contributed by atoms with E-state index >= 15 is 0 Å². The zero-order valence-electron chi connectivity index (χ0n) is 9.30. The van der Waals surface area contributed by atoms with Crippen LogP contribution in [0.3, 0.4) is 0 Å². The molecular weight excluding hydrogens is 300 g/mol. The van der Waals surface area contributed by atoms with E-state index < -0.39 is 0 Å². The van der Waals surface area contributed by atoms with E-state index in [0.717, 1.165) is 15.8 Å². The minimum absolute atomic E-state index is 0.658. The summed E-state index contributed by atoms with van der Waals surface area (Å²) in [6, 6.07) is 11.5. The fourth-order valence-electron chi connectivity index (χ4n) is 1.52. The first-order valence-corrected chi connectivity index (χ1v) is 6.31. The van der Waals surface area contributed by atoms with Crippen LogP contribution in [0.2, 0.25) is 5.02 Å². The van der Waals surface area contributed by atoms with Crippen molar-refractivity contribution in [1.82, 2.24) is 0 Å². The number of hydrogen-bond acceptors (Lipinski definition) is 2. The molecule has 0 saturated carbocycles. The average Bonchev–Trinajstić information content (AvgIpc) is 2.28. The van der Waals surface area contributed by atoms with Gasteiger partial charge in [-0.15, -0.1) is 0 Å². The number of rotatable bonds is 2. The number of halogens is 2. The van der Waals surface area contributed by atoms with Crippen LogP contribution in [-0.2, 0) is 0 Å². The van der Waals surface area contributed by atoms with Crippen molar-refractivity contribution in [3.63, 3.8) is 0 Å². The van der Waals surface area contributed by atoms with E-state index in [9.17, 15) is 0 Å². The molecule has 0 heterocycles. The van der Waals surface area contributed by atoms with Crippen molar-refractivity contribution in [2.75, 3.05) is 11.1 Å². The molecule has 3 N–H and O–H groups in total. The Morgan fingerprint density at radius 1 is 1.12 bits per heavy atom. The van der Waals surface area contributed by atoms with Crippen LogP contribution in [0.15, 0.2) is 40.9 Å². The second kappa shape index (κ2) is 4.98. The third-order valence-corrected chi connectivity index (χ3v) is 3.33. The van der Waals surface area contributed by atoms with Crippen LogP contribution < -0.4 is 11.1 Å². The summed E-state index contributed by atoms with van der Waals surface area (Å²) in [5, 5.41) is 3.92. The van der Waals surface area contributed by atoms with Crippen LogP contribution in [0.1, 0.15) is 5.56 Å². The number of hydrogen-bond donors (Lipinski definition) is 2. The van der Waals surface area contributed by atoms with Crippen molar-refractivity contribution in [1.29, 1.82) is 0 Å². The van der Waals surface area contributed by atoms with E-state index in [1.54, 1.807) is 12.1 Å².